The lowest BCUT2D eigenvalue weighted by Gasteiger charge is -2.29. The molecule has 2 saturated heterocycles. The van der Waals surface area contributed by atoms with Crippen LogP contribution in [0.15, 0.2) is 48.5 Å². The molecule has 0 N–H and O–H groups in total. The molecule has 0 bridgehead atoms. The molecule has 8 heteroatoms. The van der Waals surface area contributed by atoms with Gasteiger partial charge in [0.25, 0.3) is 5.91 Å². The van der Waals surface area contributed by atoms with Gasteiger partial charge in [-0.2, -0.15) is 0 Å². The smallest absolute Gasteiger partial charge is 0.341 e. The van der Waals surface area contributed by atoms with Crippen LogP contribution in [0.4, 0.5) is 10.7 Å². The SMILES string of the molecule is COC(=O)c1c(N2C(=O)[C@H]3[C@@H](c4ccc(C)cc4)N(c4ccccc4C)O[C@H]3C2=O)sc2c1CCCC2. The standard InChI is InChI=1S/C29H28N2O5S/c1-16-12-14-18(15-13-16)24-23-25(36-31(24)20-10-6-4-8-17(20)2)27(33)30(26(23)32)28-22(29(34)35-3)19-9-5-7-11-21(19)37-28/h4,6,8,10,12-15,23-25H,5,7,9,11H2,1-3H3/t23-,24+,25+/m0/s1. The molecular weight excluding hydrogens is 488 g/mol. The van der Waals surface area contributed by atoms with E-state index in [9.17, 15) is 14.4 Å². The lowest BCUT2D eigenvalue weighted by atomic mass is 9.90. The predicted molar refractivity (Wildman–Crippen MR) is 141 cm³/mol. The zero-order valence-corrected chi connectivity index (χ0v) is 21.8. The molecule has 2 fully saturated rings. The summed E-state index contributed by atoms with van der Waals surface area (Å²) in [6.07, 6.45) is 2.57. The fourth-order valence-electron chi connectivity index (χ4n) is 5.76. The molecule has 0 saturated carbocycles. The van der Waals surface area contributed by atoms with Crippen molar-refractivity contribution in [2.45, 2.75) is 51.7 Å². The van der Waals surface area contributed by atoms with Crippen molar-refractivity contribution < 1.29 is 24.0 Å². The predicted octanol–water partition coefficient (Wildman–Crippen LogP) is 5.08. The third-order valence-corrected chi connectivity index (χ3v) is 8.91. The summed E-state index contributed by atoms with van der Waals surface area (Å²) in [6, 6.07) is 15.3. The number of methoxy groups -OCH3 is 1. The van der Waals surface area contributed by atoms with Crippen LogP contribution in [0.25, 0.3) is 0 Å². The minimum Gasteiger partial charge on any atom is -0.465 e. The van der Waals surface area contributed by atoms with Gasteiger partial charge in [0.15, 0.2) is 6.10 Å². The number of ether oxygens (including phenoxy) is 1. The molecule has 0 spiro atoms. The number of imide groups is 1. The largest absolute Gasteiger partial charge is 0.465 e. The summed E-state index contributed by atoms with van der Waals surface area (Å²) in [5, 5.41) is 2.10. The third-order valence-electron chi connectivity index (χ3n) is 7.63. The number of aryl methyl sites for hydroxylation is 3. The first-order valence-corrected chi connectivity index (χ1v) is 13.4. The molecule has 2 amide bonds. The van der Waals surface area contributed by atoms with Gasteiger partial charge < -0.3 is 4.74 Å². The van der Waals surface area contributed by atoms with Crippen molar-refractivity contribution in [2.24, 2.45) is 5.92 Å². The van der Waals surface area contributed by atoms with Crippen LogP contribution < -0.4 is 9.96 Å². The normalized spacial score (nSPS) is 22.8. The van der Waals surface area contributed by atoms with Crippen molar-refractivity contribution in [3.63, 3.8) is 0 Å². The second kappa shape index (κ2) is 9.11. The first-order chi connectivity index (χ1) is 17.9. The van der Waals surface area contributed by atoms with Crippen LogP contribution >= 0.6 is 11.3 Å². The molecule has 37 heavy (non-hydrogen) atoms. The molecule has 3 heterocycles. The number of anilines is 2. The van der Waals surface area contributed by atoms with Gasteiger partial charge in [-0.1, -0.05) is 48.0 Å². The van der Waals surface area contributed by atoms with E-state index in [0.717, 1.165) is 58.5 Å². The second-order valence-corrected chi connectivity index (χ2v) is 11.0. The number of rotatable bonds is 4. The lowest BCUT2D eigenvalue weighted by molar-refractivity contribution is -0.126. The fraction of sp³-hybridized carbons (Fsp3) is 0.345. The van der Waals surface area contributed by atoms with E-state index in [1.807, 2.05) is 62.4 Å². The number of hydrogen-bond donors (Lipinski definition) is 0. The minimum atomic E-state index is -0.983. The van der Waals surface area contributed by atoms with Crippen LogP contribution in [0.5, 0.6) is 0 Å². The Bertz CT molecular complexity index is 1410. The maximum absolute atomic E-state index is 14.1. The molecule has 1 aliphatic carbocycles. The van der Waals surface area contributed by atoms with Crippen molar-refractivity contribution in [1.82, 2.24) is 0 Å². The molecular formula is C29H28N2O5S. The summed E-state index contributed by atoms with van der Waals surface area (Å²) in [7, 11) is 1.33. The van der Waals surface area contributed by atoms with E-state index in [1.54, 1.807) is 5.06 Å². The number of hydroxylamine groups is 1. The highest BCUT2D eigenvalue weighted by atomic mass is 32.1. The highest BCUT2D eigenvalue weighted by molar-refractivity contribution is 7.17. The van der Waals surface area contributed by atoms with Crippen LogP contribution in [-0.2, 0) is 32.0 Å². The molecule has 3 aliphatic rings. The van der Waals surface area contributed by atoms with Gasteiger partial charge in [0, 0.05) is 4.88 Å². The number of benzene rings is 2. The molecule has 0 radical (unpaired) electrons. The monoisotopic (exact) mass is 516 g/mol. The molecule has 0 unspecified atom stereocenters. The molecule has 6 rings (SSSR count). The van der Waals surface area contributed by atoms with Crippen molar-refractivity contribution in [3.05, 3.63) is 81.2 Å². The average molecular weight is 517 g/mol. The Kier molecular flexibility index (Phi) is 5.88. The number of fused-ring (bicyclic) bond motifs is 2. The van der Waals surface area contributed by atoms with Crippen LogP contribution in [0, 0.1) is 19.8 Å². The van der Waals surface area contributed by atoms with Crippen molar-refractivity contribution >= 4 is 39.8 Å². The Morgan fingerprint density at radius 3 is 2.46 bits per heavy atom. The number of hydrogen-bond acceptors (Lipinski definition) is 7. The lowest BCUT2D eigenvalue weighted by Crippen LogP contribution is -2.38. The van der Waals surface area contributed by atoms with E-state index in [1.165, 1.54) is 23.3 Å². The summed E-state index contributed by atoms with van der Waals surface area (Å²) in [5.41, 5.74) is 5.05. The number of esters is 1. The van der Waals surface area contributed by atoms with E-state index in [2.05, 4.69) is 0 Å². The Balaban J connectivity index is 1.46. The summed E-state index contributed by atoms with van der Waals surface area (Å²) in [4.78, 5) is 49.5. The van der Waals surface area contributed by atoms with Crippen LogP contribution in [0.2, 0.25) is 0 Å². The summed E-state index contributed by atoms with van der Waals surface area (Å²) in [6.45, 7) is 3.99. The molecule has 190 valence electrons. The number of thiophene rings is 1. The number of nitrogens with zero attached hydrogens (tertiary/aromatic N) is 2. The molecule has 2 aliphatic heterocycles. The van der Waals surface area contributed by atoms with Crippen molar-refractivity contribution in [3.8, 4) is 0 Å². The first-order valence-electron chi connectivity index (χ1n) is 12.6. The summed E-state index contributed by atoms with van der Waals surface area (Å²) < 4.78 is 5.09. The number of carbonyl (C=O) groups excluding carboxylic acids is 3. The first kappa shape index (κ1) is 23.9. The van der Waals surface area contributed by atoms with Gasteiger partial charge in [-0.15, -0.1) is 11.3 Å². The van der Waals surface area contributed by atoms with Crippen molar-refractivity contribution in [1.29, 1.82) is 0 Å². The molecule has 1 aromatic heterocycles. The van der Waals surface area contributed by atoms with Crippen LogP contribution in [0.1, 0.15) is 56.4 Å². The summed E-state index contributed by atoms with van der Waals surface area (Å²) in [5.74, 6) is -2.05. The third kappa shape index (κ3) is 3.69. The van der Waals surface area contributed by atoms with E-state index >= 15 is 0 Å². The summed E-state index contributed by atoms with van der Waals surface area (Å²) >= 11 is 1.36. The molecule has 3 atom stereocenters. The van der Waals surface area contributed by atoms with Gasteiger partial charge in [0.1, 0.15) is 10.9 Å². The molecule has 2 aromatic carbocycles. The van der Waals surface area contributed by atoms with Gasteiger partial charge in [0.05, 0.1) is 24.4 Å². The highest BCUT2D eigenvalue weighted by Crippen LogP contribution is 2.50. The van der Waals surface area contributed by atoms with Gasteiger partial charge in [0.2, 0.25) is 5.91 Å². The van der Waals surface area contributed by atoms with E-state index in [4.69, 9.17) is 9.57 Å². The minimum absolute atomic E-state index is 0.347. The van der Waals surface area contributed by atoms with Crippen molar-refractivity contribution in [2.75, 3.05) is 17.1 Å². The maximum Gasteiger partial charge on any atom is 0.341 e. The Hall–Kier alpha value is -3.49. The van der Waals surface area contributed by atoms with Crippen LogP contribution in [-0.4, -0.2) is 31.0 Å². The highest BCUT2D eigenvalue weighted by Gasteiger charge is 2.61. The van der Waals surface area contributed by atoms with E-state index < -0.39 is 29.9 Å². The average Bonchev–Trinajstić information content (AvgIpc) is 3.54. The zero-order valence-electron chi connectivity index (χ0n) is 21.0. The van der Waals surface area contributed by atoms with Gasteiger partial charge in [-0.25, -0.2) is 14.8 Å². The van der Waals surface area contributed by atoms with E-state index in [-0.39, 0.29) is 5.91 Å². The van der Waals surface area contributed by atoms with Gasteiger partial charge in [-0.05, 0) is 62.3 Å². The number of para-hydroxylation sites is 1. The number of amides is 2. The topological polar surface area (TPSA) is 76.2 Å². The van der Waals surface area contributed by atoms with Gasteiger partial charge in [-0.3, -0.25) is 14.4 Å². The van der Waals surface area contributed by atoms with Gasteiger partial charge >= 0.3 is 5.97 Å². The second-order valence-electron chi connectivity index (χ2n) is 9.91. The fourth-order valence-corrected chi connectivity index (χ4v) is 7.15. The Morgan fingerprint density at radius 2 is 1.73 bits per heavy atom. The quantitative estimate of drug-likeness (QED) is 0.356. The van der Waals surface area contributed by atoms with Crippen LogP contribution in [0.3, 0.4) is 0 Å². The number of carbonyl (C=O) groups is 3. The Labute approximate surface area is 219 Å². The Morgan fingerprint density at radius 1 is 1.00 bits per heavy atom. The van der Waals surface area contributed by atoms with E-state index in [0.29, 0.717) is 10.6 Å². The molecule has 7 nitrogen and oxygen atoms in total. The zero-order chi connectivity index (χ0) is 25.8. The maximum atomic E-state index is 14.1. The molecule has 3 aromatic rings.